The van der Waals surface area contributed by atoms with Crippen LogP contribution in [0.25, 0.3) is 10.9 Å². The molecular weight excluding hydrogens is 380 g/mol. The van der Waals surface area contributed by atoms with E-state index in [1.165, 1.54) is 6.08 Å². The van der Waals surface area contributed by atoms with Gasteiger partial charge in [0.15, 0.2) is 0 Å². The maximum Gasteiger partial charge on any atom is 0.254 e. The molecule has 2 amide bonds. The molecule has 0 spiro atoms. The second-order valence-corrected chi connectivity index (χ2v) is 8.07. The minimum atomic E-state index is -0.0537. The zero-order valence-corrected chi connectivity index (χ0v) is 17.0. The Morgan fingerprint density at radius 2 is 1.97 bits per heavy atom. The van der Waals surface area contributed by atoms with E-state index < -0.39 is 0 Å². The fourth-order valence-electron chi connectivity index (χ4n) is 4.65. The van der Waals surface area contributed by atoms with Crippen molar-refractivity contribution in [1.29, 1.82) is 0 Å². The van der Waals surface area contributed by atoms with Gasteiger partial charge >= 0.3 is 0 Å². The van der Waals surface area contributed by atoms with E-state index in [0.717, 1.165) is 46.1 Å². The minimum absolute atomic E-state index is 0.0537. The van der Waals surface area contributed by atoms with Crippen molar-refractivity contribution in [1.82, 2.24) is 29.8 Å². The van der Waals surface area contributed by atoms with Crippen LogP contribution in [0.15, 0.2) is 37.2 Å². The summed E-state index contributed by atoms with van der Waals surface area (Å²) in [6, 6.07) is 4.16. The number of fused-ring (bicyclic) bond motifs is 2. The minimum Gasteiger partial charge on any atom is -0.338 e. The normalized spacial score (nSPS) is 16.8. The summed E-state index contributed by atoms with van der Waals surface area (Å²) in [5.74, 6) is 0.00774. The van der Waals surface area contributed by atoms with Crippen LogP contribution in [-0.2, 0) is 17.9 Å². The Hall–Kier alpha value is -3.42. The summed E-state index contributed by atoms with van der Waals surface area (Å²) in [5, 5.41) is 12.5. The van der Waals surface area contributed by atoms with Gasteiger partial charge in [0, 0.05) is 30.6 Å². The third-order valence-corrected chi connectivity index (χ3v) is 6.32. The number of likely N-dealkylation sites (tertiary alicyclic amines) is 1. The fraction of sp³-hybridized carbons (Fsp3) is 0.364. The molecule has 0 radical (unpaired) electrons. The highest BCUT2D eigenvalue weighted by Crippen LogP contribution is 2.31. The van der Waals surface area contributed by atoms with E-state index in [9.17, 15) is 9.59 Å². The fourth-order valence-corrected chi connectivity index (χ4v) is 4.65. The van der Waals surface area contributed by atoms with Crippen molar-refractivity contribution in [3.63, 3.8) is 0 Å². The largest absolute Gasteiger partial charge is 0.338 e. The molecule has 2 aliphatic rings. The van der Waals surface area contributed by atoms with Gasteiger partial charge in [-0.05, 0) is 37.5 Å². The molecule has 4 heterocycles. The smallest absolute Gasteiger partial charge is 0.254 e. The van der Waals surface area contributed by atoms with E-state index in [4.69, 9.17) is 0 Å². The van der Waals surface area contributed by atoms with Crippen molar-refractivity contribution in [3.05, 3.63) is 59.6 Å². The van der Waals surface area contributed by atoms with Gasteiger partial charge in [0.05, 0.1) is 41.8 Å². The number of hydrogen-bond donors (Lipinski definition) is 1. The molecule has 8 nitrogen and oxygen atoms in total. The summed E-state index contributed by atoms with van der Waals surface area (Å²) >= 11 is 0. The number of amides is 2. The first-order valence-corrected chi connectivity index (χ1v) is 10.3. The molecular formula is C22H24N6O2. The summed E-state index contributed by atoms with van der Waals surface area (Å²) in [6.45, 7) is 8.07. The Kier molecular flexibility index (Phi) is 4.42. The average Bonchev–Trinajstić information content (AvgIpc) is 3.48. The topological polar surface area (TPSA) is 87.1 Å². The van der Waals surface area contributed by atoms with Gasteiger partial charge in [-0.15, -0.1) is 0 Å². The number of carbonyl (C=O) groups excluding carboxylic acids is 2. The lowest BCUT2D eigenvalue weighted by molar-refractivity contribution is -0.126. The second kappa shape index (κ2) is 7.12. The van der Waals surface area contributed by atoms with Crippen LogP contribution >= 0.6 is 0 Å². The molecule has 8 heteroatoms. The summed E-state index contributed by atoms with van der Waals surface area (Å²) in [4.78, 5) is 28.9. The maximum atomic E-state index is 13.3. The van der Waals surface area contributed by atoms with Gasteiger partial charge in [-0.25, -0.2) is 0 Å². The van der Waals surface area contributed by atoms with Crippen LogP contribution in [0.4, 0.5) is 0 Å². The lowest BCUT2D eigenvalue weighted by Gasteiger charge is -2.33. The van der Waals surface area contributed by atoms with Gasteiger partial charge in [-0.3, -0.25) is 19.4 Å². The van der Waals surface area contributed by atoms with E-state index in [2.05, 4.69) is 26.6 Å². The zero-order valence-electron chi connectivity index (χ0n) is 17.0. The van der Waals surface area contributed by atoms with Crippen molar-refractivity contribution in [2.75, 3.05) is 13.1 Å². The van der Waals surface area contributed by atoms with Gasteiger partial charge in [0.1, 0.15) is 0 Å². The van der Waals surface area contributed by atoms with Crippen LogP contribution in [0.5, 0.6) is 0 Å². The molecule has 2 aliphatic heterocycles. The predicted molar refractivity (Wildman–Crippen MR) is 112 cm³/mol. The van der Waals surface area contributed by atoms with Crippen LogP contribution in [0.1, 0.15) is 46.1 Å². The van der Waals surface area contributed by atoms with Crippen molar-refractivity contribution in [2.24, 2.45) is 0 Å². The van der Waals surface area contributed by atoms with E-state index in [0.29, 0.717) is 26.2 Å². The van der Waals surface area contributed by atoms with Crippen LogP contribution in [0.2, 0.25) is 0 Å². The third-order valence-electron chi connectivity index (χ3n) is 6.32. The number of nitrogens with zero attached hydrogens (tertiary/aromatic N) is 5. The van der Waals surface area contributed by atoms with E-state index >= 15 is 0 Å². The van der Waals surface area contributed by atoms with Gasteiger partial charge in [-0.2, -0.15) is 10.2 Å². The Morgan fingerprint density at radius 1 is 1.17 bits per heavy atom. The molecule has 5 rings (SSSR count). The Morgan fingerprint density at radius 3 is 2.73 bits per heavy atom. The second-order valence-electron chi connectivity index (χ2n) is 8.07. The van der Waals surface area contributed by atoms with Crippen LogP contribution in [0, 0.1) is 6.92 Å². The predicted octanol–water partition coefficient (Wildman–Crippen LogP) is 2.57. The first-order valence-electron chi connectivity index (χ1n) is 10.3. The van der Waals surface area contributed by atoms with Crippen LogP contribution in [0.3, 0.4) is 0 Å². The molecule has 3 aromatic rings. The highest BCUT2D eigenvalue weighted by molar-refractivity contribution is 6.07. The SMILES string of the molecule is C=CC(=O)N1Cc2cnn(C3CCN(C(=O)c4c(C)ccc5[nH]ncc45)CC3)c2C1. The number of piperidine rings is 1. The number of benzene rings is 1. The number of nitrogens with one attached hydrogen (secondary N) is 1. The van der Waals surface area contributed by atoms with Gasteiger partial charge in [-0.1, -0.05) is 12.6 Å². The number of aromatic nitrogens is 4. The number of carbonyl (C=O) groups is 2. The maximum absolute atomic E-state index is 13.3. The average molecular weight is 404 g/mol. The summed E-state index contributed by atoms with van der Waals surface area (Å²) in [6.07, 6.45) is 6.64. The molecule has 0 unspecified atom stereocenters. The molecule has 0 bridgehead atoms. The number of rotatable bonds is 3. The molecule has 1 saturated heterocycles. The quantitative estimate of drug-likeness (QED) is 0.680. The zero-order chi connectivity index (χ0) is 20.8. The number of hydrogen-bond acceptors (Lipinski definition) is 4. The van der Waals surface area contributed by atoms with Crippen LogP contribution < -0.4 is 0 Å². The molecule has 1 fully saturated rings. The molecule has 0 aliphatic carbocycles. The van der Waals surface area contributed by atoms with E-state index in [-0.39, 0.29) is 17.9 Å². The summed E-state index contributed by atoms with van der Waals surface area (Å²) in [5.41, 5.74) is 4.79. The van der Waals surface area contributed by atoms with Crippen molar-refractivity contribution < 1.29 is 9.59 Å². The lowest BCUT2D eigenvalue weighted by Crippen LogP contribution is -2.40. The molecule has 154 valence electrons. The third kappa shape index (κ3) is 2.91. The van der Waals surface area contributed by atoms with Crippen molar-refractivity contribution >= 4 is 22.7 Å². The highest BCUT2D eigenvalue weighted by Gasteiger charge is 2.31. The van der Waals surface area contributed by atoms with Gasteiger partial charge in [0.2, 0.25) is 5.91 Å². The Bertz CT molecular complexity index is 1150. The van der Waals surface area contributed by atoms with E-state index in [1.54, 1.807) is 11.1 Å². The molecule has 0 atom stereocenters. The molecule has 30 heavy (non-hydrogen) atoms. The van der Waals surface area contributed by atoms with Crippen molar-refractivity contribution in [2.45, 2.75) is 38.9 Å². The highest BCUT2D eigenvalue weighted by atomic mass is 16.2. The number of aromatic amines is 1. The molecule has 0 saturated carbocycles. The first kappa shape index (κ1) is 18.6. The number of aryl methyl sites for hydroxylation is 1. The Labute approximate surface area is 174 Å². The molecule has 1 aromatic carbocycles. The van der Waals surface area contributed by atoms with E-state index in [1.807, 2.05) is 30.2 Å². The lowest BCUT2D eigenvalue weighted by atomic mass is 10.00. The molecule has 1 N–H and O–H groups in total. The first-order chi connectivity index (χ1) is 14.6. The standard InChI is InChI=1S/C22H24N6O2/c1-3-20(29)27-12-15-10-24-28(19(15)13-27)16-6-8-26(9-7-16)22(30)21-14(2)4-5-18-17(21)11-23-25-18/h3-5,10-11,16H,1,6-9,12-13H2,2H3,(H,23,25). The number of H-pyrrole nitrogens is 1. The summed E-state index contributed by atoms with van der Waals surface area (Å²) < 4.78 is 2.07. The molecule has 2 aromatic heterocycles. The Balaban J connectivity index is 1.31. The van der Waals surface area contributed by atoms with Gasteiger partial charge in [0.25, 0.3) is 5.91 Å². The summed E-state index contributed by atoms with van der Waals surface area (Å²) in [7, 11) is 0. The monoisotopic (exact) mass is 404 g/mol. The van der Waals surface area contributed by atoms with Gasteiger partial charge < -0.3 is 9.80 Å². The van der Waals surface area contributed by atoms with Crippen LogP contribution in [-0.4, -0.2) is 54.7 Å². The van der Waals surface area contributed by atoms with Crippen molar-refractivity contribution in [3.8, 4) is 0 Å².